The molecule has 0 radical (unpaired) electrons. The first-order valence-corrected chi connectivity index (χ1v) is 7.85. The van der Waals surface area contributed by atoms with Gasteiger partial charge in [-0.3, -0.25) is 4.90 Å². The SMILES string of the molecule is Cc1cccc(CNCC2CN3CCCC3CO2)c1C. The molecule has 2 heterocycles. The molecule has 20 heavy (non-hydrogen) atoms. The number of benzene rings is 1. The Labute approximate surface area is 122 Å². The summed E-state index contributed by atoms with van der Waals surface area (Å²) in [5, 5.41) is 3.57. The van der Waals surface area contributed by atoms with Crippen LogP contribution in [0.1, 0.15) is 29.5 Å². The standard InChI is InChI=1S/C17H26N2O/c1-13-5-3-6-15(14(13)2)9-18-10-17-11-19-8-4-7-16(19)12-20-17/h3,5-6,16-18H,4,7-12H2,1-2H3. The fourth-order valence-corrected chi connectivity index (χ4v) is 3.38. The molecule has 2 aliphatic heterocycles. The molecular weight excluding hydrogens is 248 g/mol. The third-order valence-corrected chi connectivity index (χ3v) is 4.87. The minimum atomic E-state index is 0.356. The van der Waals surface area contributed by atoms with Gasteiger partial charge >= 0.3 is 0 Å². The molecule has 1 N–H and O–H groups in total. The average Bonchev–Trinajstić information content (AvgIpc) is 2.91. The highest BCUT2D eigenvalue weighted by Crippen LogP contribution is 2.22. The van der Waals surface area contributed by atoms with Crippen molar-refractivity contribution in [3.63, 3.8) is 0 Å². The maximum Gasteiger partial charge on any atom is 0.0827 e. The maximum absolute atomic E-state index is 5.98. The van der Waals surface area contributed by atoms with Crippen LogP contribution in [-0.4, -0.2) is 43.3 Å². The fraction of sp³-hybridized carbons (Fsp3) is 0.647. The van der Waals surface area contributed by atoms with Gasteiger partial charge in [0.1, 0.15) is 0 Å². The van der Waals surface area contributed by atoms with Crippen LogP contribution in [0.4, 0.5) is 0 Å². The topological polar surface area (TPSA) is 24.5 Å². The van der Waals surface area contributed by atoms with Crippen LogP contribution < -0.4 is 5.32 Å². The zero-order valence-corrected chi connectivity index (χ0v) is 12.7. The molecule has 1 aromatic rings. The molecule has 0 bridgehead atoms. The number of rotatable bonds is 4. The summed E-state index contributed by atoms with van der Waals surface area (Å²) in [6, 6.07) is 7.24. The van der Waals surface area contributed by atoms with Crippen LogP contribution in [-0.2, 0) is 11.3 Å². The van der Waals surface area contributed by atoms with E-state index in [-0.39, 0.29) is 0 Å². The number of aryl methyl sites for hydroxylation is 1. The molecule has 2 saturated heterocycles. The maximum atomic E-state index is 5.98. The third kappa shape index (κ3) is 3.05. The zero-order chi connectivity index (χ0) is 13.9. The van der Waals surface area contributed by atoms with Gasteiger partial charge in [-0.2, -0.15) is 0 Å². The lowest BCUT2D eigenvalue weighted by molar-refractivity contribution is -0.0470. The van der Waals surface area contributed by atoms with E-state index < -0.39 is 0 Å². The molecule has 2 fully saturated rings. The summed E-state index contributed by atoms with van der Waals surface area (Å²) < 4.78 is 5.98. The predicted molar refractivity (Wildman–Crippen MR) is 82.0 cm³/mol. The van der Waals surface area contributed by atoms with Crippen molar-refractivity contribution in [2.45, 2.75) is 45.4 Å². The number of hydrogen-bond acceptors (Lipinski definition) is 3. The second kappa shape index (κ2) is 6.25. The lowest BCUT2D eigenvalue weighted by Gasteiger charge is -2.35. The Morgan fingerprint density at radius 2 is 2.25 bits per heavy atom. The Morgan fingerprint density at radius 1 is 1.35 bits per heavy atom. The quantitative estimate of drug-likeness (QED) is 0.911. The van der Waals surface area contributed by atoms with Crippen molar-refractivity contribution in [3.8, 4) is 0 Å². The van der Waals surface area contributed by atoms with Gasteiger partial charge in [0.05, 0.1) is 12.7 Å². The largest absolute Gasteiger partial charge is 0.374 e. The summed E-state index contributed by atoms with van der Waals surface area (Å²) in [7, 11) is 0. The van der Waals surface area contributed by atoms with E-state index in [2.05, 4.69) is 42.3 Å². The fourth-order valence-electron chi connectivity index (χ4n) is 3.38. The zero-order valence-electron chi connectivity index (χ0n) is 12.7. The molecule has 0 saturated carbocycles. The monoisotopic (exact) mass is 274 g/mol. The first kappa shape index (κ1) is 14.1. The summed E-state index contributed by atoms with van der Waals surface area (Å²) in [6.07, 6.45) is 3.02. The third-order valence-electron chi connectivity index (χ3n) is 4.87. The summed E-state index contributed by atoms with van der Waals surface area (Å²) in [6.45, 7) is 9.57. The van der Waals surface area contributed by atoms with Crippen LogP contribution in [0.25, 0.3) is 0 Å². The van der Waals surface area contributed by atoms with Gasteiger partial charge in [-0.1, -0.05) is 18.2 Å². The van der Waals surface area contributed by atoms with Gasteiger partial charge in [0.2, 0.25) is 0 Å². The van der Waals surface area contributed by atoms with Gasteiger partial charge in [-0.25, -0.2) is 0 Å². The van der Waals surface area contributed by atoms with Crippen molar-refractivity contribution in [1.82, 2.24) is 10.2 Å². The normalized spacial score (nSPS) is 26.7. The van der Waals surface area contributed by atoms with E-state index in [9.17, 15) is 0 Å². The van der Waals surface area contributed by atoms with Gasteiger partial charge in [-0.05, 0) is 49.9 Å². The summed E-state index contributed by atoms with van der Waals surface area (Å²) >= 11 is 0. The average molecular weight is 274 g/mol. The highest BCUT2D eigenvalue weighted by molar-refractivity contribution is 5.32. The van der Waals surface area contributed by atoms with E-state index in [4.69, 9.17) is 4.74 Å². The smallest absolute Gasteiger partial charge is 0.0827 e. The van der Waals surface area contributed by atoms with E-state index in [0.29, 0.717) is 12.1 Å². The lowest BCUT2D eigenvalue weighted by atomic mass is 10.0. The van der Waals surface area contributed by atoms with Crippen LogP contribution in [0.5, 0.6) is 0 Å². The predicted octanol–water partition coefficient (Wildman–Crippen LogP) is 2.26. The molecule has 0 aromatic heterocycles. The second-order valence-electron chi connectivity index (χ2n) is 6.24. The van der Waals surface area contributed by atoms with Crippen LogP contribution in [0, 0.1) is 13.8 Å². The van der Waals surface area contributed by atoms with Crippen LogP contribution in [0.3, 0.4) is 0 Å². The van der Waals surface area contributed by atoms with Crippen LogP contribution in [0.2, 0.25) is 0 Å². The molecule has 0 aliphatic carbocycles. The molecule has 2 unspecified atom stereocenters. The van der Waals surface area contributed by atoms with Crippen molar-refractivity contribution < 1.29 is 4.74 Å². The molecule has 2 aliphatic rings. The van der Waals surface area contributed by atoms with Crippen molar-refractivity contribution in [2.75, 3.05) is 26.2 Å². The Morgan fingerprint density at radius 3 is 3.15 bits per heavy atom. The number of nitrogens with zero attached hydrogens (tertiary/aromatic N) is 1. The molecule has 110 valence electrons. The van der Waals surface area contributed by atoms with E-state index in [0.717, 1.165) is 26.2 Å². The van der Waals surface area contributed by atoms with E-state index in [1.807, 2.05) is 0 Å². The summed E-state index contributed by atoms with van der Waals surface area (Å²) in [4.78, 5) is 2.60. The first-order chi connectivity index (χ1) is 9.74. The Hall–Kier alpha value is -0.900. The van der Waals surface area contributed by atoms with Crippen molar-refractivity contribution in [2.24, 2.45) is 0 Å². The van der Waals surface area contributed by atoms with E-state index in [1.165, 1.54) is 36.1 Å². The second-order valence-corrected chi connectivity index (χ2v) is 6.24. The summed E-state index contributed by atoms with van der Waals surface area (Å²) in [5.74, 6) is 0. The Bertz CT molecular complexity index is 460. The Balaban J connectivity index is 1.47. The van der Waals surface area contributed by atoms with Gasteiger partial charge < -0.3 is 10.1 Å². The molecule has 1 aromatic carbocycles. The van der Waals surface area contributed by atoms with Crippen LogP contribution >= 0.6 is 0 Å². The molecule has 3 rings (SSSR count). The minimum absolute atomic E-state index is 0.356. The lowest BCUT2D eigenvalue weighted by Crippen LogP contribution is -2.49. The number of hydrogen-bond donors (Lipinski definition) is 1. The molecule has 0 amide bonds. The van der Waals surface area contributed by atoms with E-state index >= 15 is 0 Å². The summed E-state index contributed by atoms with van der Waals surface area (Å²) in [5.41, 5.74) is 4.18. The van der Waals surface area contributed by atoms with E-state index in [1.54, 1.807) is 0 Å². The molecular formula is C17H26N2O. The van der Waals surface area contributed by atoms with Gasteiger partial charge in [0, 0.05) is 25.7 Å². The number of fused-ring (bicyclic) bond motifs is 1. The molecule has 3 nitrogen and oxygen atoms in total. The first-order valence-electron chi connectivity index (χ1n) is 7.85. The van der Waals surface area contributed by atoms with Crippen molar-refractivity contribution in [1.29, 1.82) is 0 Å². The van der Waals surface area contributed by atoms with Gasteiger partial charge in [0.15, 0.2) is 0 Å². The van der Waals surface area contributed by atoms with Gasteiger partial charge in [-0.15, -0.1) is 0 Å². The highest BCUT2D eigenvalue weighted by Gasteiger charge is 2.31. The van der Waals surface area contributed by atoms with Crippen molar-refractivity contribution in [3.05, 3.63) is 34.9 Å². The number of ether oxygens (including phenoxy) is 1. The minimum Gasteiger partial charge on any atom is -0.374 e. The van der Waals surface area contributed by atoms with Crippen LogP contribution in [0.15, 0.2) is 18.2 Å². The Kier molecular flexibility index (Phi) is 4.39. The molecule has 3 heteroatoms. The van der Waals surface area contributed by atoms with Crippen molar-refractivity contribution >= 4 is 0 Å². The highest BCUT2D eigenvalue weighted by atomic mass is 16.5. The number of morpholine rings is 1. The molecule has 0 spiro atoms. The van der Waals surface area contributed by atoms with Gasteiger partial charge in [0.25, 0.3) is 0 Å². The molecule has 2 atom stereocenters. The number of nitrogens with one attached hydrogen (secondary N) is 1.